The van der Waals surface area contributed by atoms with Gasteiger partial charge >= 0.3 is 5.97 Å². The van der Waals surface area contributed by atoms with Gasteiger partial charge in [-0.3, -0.25) is 4.79 Å². The molecule has 114 valence electrons. The highest BCUT2D eigenvalue weighted by atomic mass is 79.9. The number of carbonyl (C=O) groups is 1. The highest BCUT2D eigenvalue weighted by Crippen LogP contribution is 2.52. The van der Waals surface area contributed by atoms with Crippen molar-refractivity contribution in [2.24, 2.45) is 0 Å². The highest BCUT2D eigenvalue weighted by molar-refractivity contribution is 9.10. The topological polar surface area (TPSA) is 46.5 Å². The van der Waals surface area contributed by atoms with Gasteiger partial charge in [0.05, 0.1) is 17.0 Å². The average molecular weight is 353 g/mol. The lowest BCUT2D eigenvalue weighted by Crippen LogP contribution is -2.43. The summed E-state index contributed by atoms with van der Waals surface area (Å²) < 4.78 is 6.50. The van der Waals surface area contributed by atoms with Gasteiger partial charge in [0, 0.05) is 5.56 Å². The van der Waals surface area contributed by atoms with Gasteiger partial charge in [-0.05, 0) is 71.6 Å². The van der Waals surface area contributed by atoms with Crippen molar-refractivity contribution < 1.29 is 14.6 Å². The Morgan fingerprint density at radius 2 is 1.95 bits per heavy atom. The second-order valence-electron chi connectivity index (χ2n) is 6.21. The predicted molar refractivity (Wildman–Crippen MR) is 85.1 cm³/mol. The first-order valence-corrected chi connectivity index (χ1v) is 8.51. The predicted octanol–water partition coefficient (Wildman–Crippen LogP) is 4.23. The Hall–Kier alpha value is -1.03. The second kappa shape index (κ2) is 5.64. The molecule has 0 atom stereocenters. The van der Waals surface area contributed by atoms with E-state index in [1.165, 1.54) is 24.0 Å². The van der Waals surface area contributed by atoms with Crippen molar-refractivity contribution in [3.05, 3.63) is 27.2 Å². The zero-order valence-electron chi connectivity index (χ0n) is 12.4. The van der Waals surface area contributed by atoms with Crippen molar-refractivity contribution in [2.75, 3.05) is 7.11 Å². The van der Waals surface area contributed by atoms with E-state index >= 15 is 0 Å². The van der Waals surface area contributed by atoms with Crippen molar-refractivity contribution in [2.45, 2.75) is 56.8 Å². The Morgan fingerprint density at radius 1 is 1.24 bits per heavy atom. The van der Waals surface area contributed by atoms with E-state index in [2.05, 4.69) is 22.0 Å². The Bertz CT molecular complexity index is 576. The minimum absolute atomic E-state index is 0.698. The van der Waals surface area contributed by atoms with Crippen LogP contribution >= 0.6 is 15.9 Å². The maximum atomic E-state index is 12.0. The molecule has 1 N–H and O–H groups in total. The standard InChI is InChI=1S/C17H21BrO3/c1-21-15-13(18)10-11-6-3-2-4-7-12(11)14(15)17(16(19)20)8-5-9-17/h10H,2-9H2,1H3,(H,19,20). The Morgan fingerprint density at radius 3 is 2.52 bits per heavy atom. The molecule has 0 saturated heterocycles. The second-order valence-corrected chi connectivity index (χ2v) is 7.06. The van der Waals surface area contributed by atoms with Crippen molar-refractivity contribution >= 4 is 21.9 Å². The molecule has 2 aliphatic rings. The number of ether oxygens (including phenoxy) is 1. The van der Waals surface area contributed by atoms with E-state index in [-0.39, 0.29) is 0 Å². The molecule has 2 aliphatic carbocycles. The lowest BCUT2D eigenvalue weighted by Gasteiger charge is -2.41. The van der Waals surface area contributed by atoms with Gasteiger partial charge in [-0.25, -0.2) is 0 Å². The summed E-state index contributed by atoms with van der Waals surface area (Å²) in [5.74, 6) is 0.0364. The Balaban J connectivity index is 2.25. The summed E-state index contributed by atoms with van der Waals surface area (Å²) in [4.78, 5) is 12.0. The minimum atomic E-state index is -0.733. The molecule has 0 aromatic heterocycles. The molecule has 0 spiro atoms. The fourth-order valence-corrected chi connectivity index (χ4v) is 4.47. The van der Waals surface area contributed by atoms with Crippen LogP contribution in [0.15, 0.2) is 10.5 Å². The normalized spacial score (nSPS) is 20.1. The van der Waals surface area contributed by atoms with Gasteiger partial charge < -0.3 is 9.84 Å². The van der Waals surface area contributed by atoms with Crippen molar-refractivity contribution in [3.63, 3.8) is 0 Å². The molecule has 1 saturated carbocycles. The number of halogens is 1. The molecule has 3 rings (SSSR count). The Kier molecular flexibility index (Phi) is 4.00. The van der Waals surface area contributed by atoms with E-state index in [9.17, 15) is 9.90 Å². The van der Waals surface area contributed by atoms with Gasteiger partial charge in [0.25, 0.3) is 0 Å². The number of carboxylic acid groups (broad SMARTS) is 1. The number of hydrogen-bond donors (Lipinski definition) is 1. The fourth-order valence-electron chi connectivity index (χ4n) is 3.83. The average Bonchev–Trinajstić information content (AvgIpc) is 2.61. The van der Waals surface area contributed by atoms with Gasteiger partial charge in [0.1, 0.15) is 5.75 Å². The summed E-state index contributed by atoms with van der Waals surface area (Å²) >= 11 is 3.59. The van der Waals surface area contributed by atoms with Crippen molar-refractivity contribution in [3.8, 4) is 5.75 Å². The molecule has 21 heavy (non-hydrogen) atoms. The van der Waals surface area contributed by atoms with Crippen LogP contribution in [0, 0.1) is 0 Å². The van der Waals surface area contributed by atoms with Gasteiger partial charge in [-0.15, -0.1) is 0 Å². The van der Waals surface area contributed by atoms with E-state index in [1.54, 1.807) is 7.11 Å². The van der Waals surface area contributed by atoms with Crippen LogP contribution in [0.3, 0.4) is 0 Å². The SMILES string of the molecule is COc1c(Br)cc2c(c1C1(C(=O)O)CCC1)CCCCC2. The first-order valence-electron chi connectivity index (χ1n) is 7.72. The third-order valence-corrected chi connectivity index (χ3v) is 5.70. The first-order chi connectivity index (χ1) is 10.1. The first kappa shape index (κ1) is 14.9. The third kappa shape index (κ3) is 2.28. The van der Waals surface area contributed by atoms with Crippen molar-refractivity contribution in [1.29, 1.82) is 0 Å². The van der Waals surface area contributed by atoms with E-state index in [0.717, 1.165) is 54.3 Å². The van der Waals surface area contributed by atoms with Crippen LogP contribution in [-0.4, -0.2) is 18.2 Å². The lowest BCUT2D eigenvalue weighted by atomic mass is 9.62. The molecule has 0 aliphatic heterocycles. The van der Waals surface area contributed by atoms with Crippen LogP contribution in [-0.2, 0) is 23.1 Å². The zero-order valence-corrected chi connectivity index (χ0v) is 14.0. The van der Waals surface area contributed by atoms with Crippen LogP contribution in [0.4, 0.5) is 0 Å². The van der Waals surface area contributed by atoms with Crippen LogP contribution in [0.2, 0.25) is 0 Å². The van der Waals surface area contributed by atoms with E-state index in [4.69, 9.17) is 4.74 Å². The zero-order chi connectivity index (χ0) is 15.0. The number of aliphatic carboxylic acids is 1. The van der Waals surface area contributed by atoms with Gasteiger partial charge in [-0.1, -0.05) is 12.8 Å². The molecule has 1 fully saturated rings. The summed E-state index contributed by atoms with van der Waals surface area (Å²) in [5.41, 5.74) is 2.77. The number of rotatable bonds is 3. The number of aryl methyl sites for hydroxylation is 1. The third-order valence-electron chi connectivity index (χ3n) is 5.11. The lowest BCUT2D eigenvalue weighted by molar-refractivity contribution is -0.147. The quantitative estimate of drug-likeness (QED) is 0.827. The molecule has 1 aromatic carbocycles. The molecule has 1 aromatic rings. The molecule has 3 nitrogen and oxygen atoms in total. The molecular formula is C17H21BrO3. The molecule has 4 heteroatoms. The number of hydrogen-bond acceptors (Lipinski definition) is 2. The number of benzene rings is 1. The molecular weight excluding hydrogens is 332 g/mol. The van der Waals surface area contributed by atoms with Gasteiger partial charge in [0.15, 0.2) is 0 Å². The molecule has 0 radical (unpaired) electrons. The number of fused-ring (bicyclic) bond motifs is 1. The minimum Gasteiger partial charge on any atom is -0.495 e. The monoisotopic (exact) mass is 352 g/mol. The summed E-state index contributed by atoms with van der Waals surface area (Å²) in [7, 11) is 1.64. The smallest absolute Gasteiger partial charge is 0.314 e. The van der Waals surface area contributed by atoms with E-state index < -0.39 is 11.4 Å². The highest BCUT2D eigenvalue weighted by Gasteiger charge is 2.49. The summed E-state index contributed by atoms with van der Waals surface area (Å²) in [6, 6.07) is 2.14. The molecule has 0 bridgehead atoms. The summed E-state index contributed by atoms with van der Waals surface area (Å²) in [5, 5.41) is 9.85. The molecule has 0 amide bonds. The van der Waals surface area contributed by atoms with Crippen LogP contribution < -0.4 is 4.74 Å². The van der Waals surface area contributed by atoms with E-state index in [0.29, 0.717) is 0 Å². The number of carboxylic acids is 1. The maximum absolute atomic E-state index is 12.0. The molecule has 0 unspecified atom stereocenters. The summed E-state index contributed by atoms with van der Waals surface area (Å²) in [6.07, 6.45) is 7.99. The van der Waals surface area contributed by atoms with Gasteiger partial charge in [-0.2, -0.15) is 0 Å². The summed E-state index contributed by atoms with van der Waals surface area (Å²) in [6.45, 7) is 0. The van der Waals surface area contributed by atoms with Crippen LogP contribution in [0.5, 0.6) is 5.75 Å². The molecule has 0 heterocycles. The largest absolute Gasteiger partial charge is 0.495 e. The maximum Gasteiger partial charge on any atom is 0.314 e. The van der Waals surface area contributed by atoms with Gasteiger partial charge in [0.2, 0.25) is 0 Å². The van der Waals surface area contributed by atoms with Crippen LogP contribution in [0.25, 0.3) is 0 Å². The van der Waals surface area contributed by atoms with E-state index in [1.807, 2.05) is 0 Å². The Labute approximate surface area is 133 Å². The van der Waals surface area contributed by atoms with Crippen molar-refractivity contribution in [1.82, 2.24) is 0 Å². The number of methoxy groups -OCH3 is 1. The fraction of sp³-hybridized carbons (Fsp3) is 0.588. The van der Waals surface area contributed by atoms with Crippen LogP contribution in [0.1, 0.15) is 55.2 Å².